The maximum Gasteiger partial charge on any atom is 0.459 e. The quantitative estimate of drug-likeness (QED) is 0.645. The number of sulfonamides is 1. The third-order valence-corrected chi connectivity index (χ3v) is 5.58. The first-order valence-electron chi connectivity index (χ1n) is 7.82. The second kappa shape index (κ2) is 8.10. The minimum absolute atomic E-state index is 0.0341. The van der Waals surface area contributed by atoms with Gasteiger partial charge in [0.15, 0.2) is 0 Å². The normalized spacial score (nSPS) is 11.6. The lowest BCUT2D eigenvalue weighted by atomic mass is 10.2. The molecule has 0 aliphatic rings. The standard InChI is InChI=1S/C18H18BrNO6S/c1-18(2,3)25-17(22)20(26-16(21)13-9-5-4-6-10-13)27(23,24)15-12-8-7-11-14(15)19/h4-12H,1-3H3. The van der Waals surface area contributed by atoms with Gasteiger partial charge in [-0.25, -0.2) is 9.59 Å². The van der Waals surface area contributed by atoms with E-state index in [1.165, 1.54) is 30.3 Å². The first kappa shape index (κ1) is 20.9. The van der Waals surface area contributed by atoms with E-state index in [0.717, 1.165) is 0 Å². The number of ether oxygens (including phenoxy) is 1. The highest BCUT2D eigenvalue weighted by molar-refractivity contribution is 9.10. The molecule has 7 nitrogen and oxygen atoms in total. The second-order valence-corrected chi connectivity index (χ2v) is 8.96. The zero-order chi connectivity index (χ0) is 20.2. The Labute approximate surface area is 166 Å². The summed E-state index contributed by atoms with van der Waals surface area (Å²) >= 11 is 3.12. The van der Waals surface area contributed by atoms with Gasteiger partial charge < -0.3 is 9.57 Å². The maximum atomic E-state index is 13.0. The highest BCUT2D eigenvalue weighted by Gasteiger charge is 2.38. The first-order valence-corrected chi connectivity index (χ1v) is 10.1. The van der Waals surface area contributed by atoms with E-state index in [4.69, 9.17) is 9.57 Å². The Morgan fingerprint density at radius 1 is 0.963 bits per heavy atom. The molecule has 0 fully saturated rings. The number of hydrogen-bond donors (Lipinski definition) is 0. The van der Waals surface area contributed by atoms with E-state index >= 15 is 0 Å². The molecule has 1 amide bonds. The molecule has 0 heterocycles. The number of carbonyl (C=O) groups is 2. The number of halogens is 1. The SMILES string of the molecule is CC(C)(C)OC(=O)N(OC(=O)c1ccccc1)S(=O)(=O)c1ccccc1Br. The Morgan fingerprint density at radius 2 is 1.52 bits per heavy atom. The fraction of sp³-hybridized carbons (Fsp3) is 0.222. The van der Waals surface area contributed by atoms with E-state index in [1.807, 2.05) is 0 Å². The zero-order valence-electron chi connectivity index (χ0n) is 14.9. The number of hydrogen-bond acceptors (Lipinski definition) is 6. The van der Waals surface area contributed by atoms with E-state index in [0.29, 0.717) is 0 Å². The number of hydroxylamine groups is 1. The molecule has 144 valence electrons. The molecule has 0 unspecified atom stereocenters. The van der Waals surface area contributed by atoms with Crippen molar-refractivity contribution in [2.45, 2.75) is 31.3 Å². The lowest BCUT2D eigenvalue weighted by molar-refractivity contribution is -0.0587. The van der Waals surface area contributed by atoms with Crippen molar-refractivity contribution in [1.29, 1.82) is 0 Å². The van der Waals surface area contributed by atoms with E-state index in [2.05, 4.69) is 15.9 Å². The average molecular weight is 456 g/mol. The Morgan fingerprint density at radius 3 is 2.07 bits per heavy atom. The summed E-state index contributed by atoms with van der Waals surface area (Å²) in [6.45, 7) is 4.69. The first-order chi connectivity index (χ1) is 12.5. The fourth-order valence-electron chi connectivity index (χ4n) is 1.93. The summed E-state index contributed by atoms with van der Waals surface area (Å²) in [5, 5.41) is 0. The number of amides is 1. The van der Waals surface area contributed by atoms with E-state index in [1.54, 1.807) is 45.0 Å². The van der Waals surface area contributed by atoms with Crippen LogP contribution in [-0.4, -0.2) is 30.5 Å². The van der Waals surface area contributed by atoms with Gasteiger partial charge in [0.1, 0.15) is 10.5 Å². The van der Waals surface area contributed by atoms with Gasteiger partial charge in [-0.05, 0) is 65.4 Å². The summed E-state index contributed by atoms with van der Waals surface area (Å²) in [6, 6.07) is 13.5. The Bertz CT molecular complexity index is 938. The molecular weight excluding hydrogens is 438 g/mol. The molecule has 0 N–H and O–H groups in total. The monoisotopic (exact) mass is 455 g/mol. The van der Waals surface area contributed by atoms with Gasteiger partial charge in [-0.1, -0.05) is 30.3 Å². The molecular formula is C18H18BrNO6S. The summed E-state index contributed by atoms with van der Waals surface area (Å²) < 4.78 is 31.2. The third-order valence-electron chi connectivity index (χ3n) is 3.05. The third kappa shape index (κ3) is 5.30. The number of benzene rings is 2. The van der Waals surface area contributed by atoms with Crippen LogP contribution in [0.25, 0.3) is 0 Å². The molecule has 0 saturated heterocycles. The molecule has 27 heavy (non-hydrogen) atoms. The van der Waals surface area contributed by atoms with Crippen LogP contribution in [0.1, 0.15) is 31.1 Å². The highest BCUT2D eigenvalue weighted by Crippen LogP contribution is 2.26. The Hall–Kier alpha value is -2.39. The van der Waals surface area contributed by atoms with Crippen LogP contribution in [0.15, 0.2) is 64.0 Å². The van der Waals surface area contributed by atoms with E-state index in [-0.39, 0.29) is 19.4 Å². The Balaban J connectivity index is 2.45. The van der Waals surface area contributed by atoms with Gasteiger partial charge in [0.05, 0.1) is 5.56 Å². The van der Waals surface area contributed by atoms with Crippen LogP contribution >= 0.6 is 15.9 Å². The highest BCUT2D eigenvalue weighted by atomic mass is 79.9. The van der Waals surface area contributed by atoms with E-state index < -0.39 is 27.7 Å². The topological polar surface area (TPSA) is 90.0 Å². The largest absolute Gasteiger partial charge is 0.459 e. The van der Waals surface area contributed by atoms with Crippen LogP contribution in [0.5, 0.6) is 0 Å². The molecule has 0 aliphatic heterocycles. The Kier molecular flexibility index (Phi) is 6.27. The summed E-state index contributed by atoms with van der Waals surface area (Å²) in [5.74, 6) is -1.02. The van der Waals surface area contributed by atoms with Crippen LogP contribution in [0.2, 0.25) is 0 Å². The summed E-state index contributed by atoms with van der Waals surface area (Å²) in [6.07, 6.45) is -1.33. The van der Waals surface area contributed by atoms with Gasteiger partial charge in [0.25, 0.3) is 0 Å². The van der Waals surface area contributed by atoms with Crippen LogP contribution in [0.4, 0.5) is 4.79 Å². The number of nitrogens with zero attached hydrogens (tertiary/aromatic N) is 1. The van der Waals surface area contributed by atoms with Gasteiger partial charge in [-0.2, -0.15) is 8.42 Å². The molecule has 0 atom stereocenters. The fourth-order valence-corrected chi connectivity index (χ4v) is 3.97. The molecule has 2 aromatic carbocycles. The molecule has 2 rings (SSSR count). The van der Waals surface area contributed by atoms with E-state index in [9.17, 15) is 18.0 Å². The summed E-state index contributed by atoms with van der Waals surface area (Å²) in [7, 11) is -4.54. The molecule has 0 saturated carbocycles. The van der Waals surface area contributed by atoms with Crippen LogP contribution in [0, 0.1) is 0 Å². The minimum Gasteiger partial charge on any atom is -0.441 e. The minimum atomic E-state index is -4.54. The van der Waals surface area contributed by atoms with Crippen LogP contribution in [-0.2, 0) is 19.6 Å². The predicted molar refractivity (Wildman–Crippen MR) is 101 cm³/mol. The maximum absolute atomic E-state index is 13.0. The van der Waals surface area contributed by atoms with Crippen LogP contribution < -0.4 is 0 Å². The average Bonchev–Trinajstić information content (AvgIpc) is 2.58. The smallest absolute Gasteiger partial charge is 0.441 e. The van der Waals surface area contributed by atoms with Crippen molar-refractivity contribution < 1.29 is 27.6 Å². The predicted octanol–water partition coefficient (Wildman–Crippen LogP) is 4.15. The summed E-state index contributed by atoms with van der Waals surface area (Å²) in [5.41, 5.74) is -0.925. The zero-order valence-corrected chi connectivity index (χ0v) is 17.3. The second-order valence-electron chi connectivity index (χ2n) is 6.39. The van der Waals surface area contributed by atoms with Gasteiger partial charge >= 0.3 is 22.1 Å². The van der Waals surface area contributed by atoms with Crippen molar-refractivity contribution in [2.75, 3.05) is 0 Å². The number of rotatable bonds is 3. The summed E-state index contributed by atoms with van der Waals surface area (Å²) in [4.78, 5) is 29.5. The molecule has 0 spiro atoms. The molecule has 2 aromatic rings. The van der Waals surface area contributed by atoms with Gasteiger partial charge in [-0.15, -0.1) is 0 Å². The van der Waals surface area contributed by atoms with Crippen molar-refractivity contribution in [3.63, 3.8) is 0 Å². The van der Waals surface area contributed by atoms with Crippen molar-refractivity contribution in [1.82, 2.24) is 4.47 Å². The van der Waals surface area contributed by atoms with Crippen molar-refractivity contribution in [3.05, 3.63) is 64.6 Å². The van der Waals surface area contributed by atoms with Crippen molar-refractivity contribution in [2.24, 2.45) is 0 Å². The van der Waals surface area contributed by atoms with Gasteiger partial charge in [0.2, 0.25) is 0 Å². The number of carbonyl (C=O) groups excluding carboxylic acids is 2. The van der Waals surface area contributed by atoms with Gasteiger partial charge in [-0.3, -0.25) is 0 Å². The molecule has 0 aliphatic carbocycles. The molecule has 0 radical (unpaired) electrons. The lowest BCUT2D eigenvalue weighted by Crippen LogP contribution is -2.42. The van der Waals surface area contributed by atoms with Gasteiger partial charge in [0, 0.05) is 4.47 Å². The van der Waals surface area contributed by atoms with Crippen LogP contribution in [0.3, 0.4) is 0 Å². The molecule has 0 bridgehead atoms. The molecule has 0 aromatic heterocycles. The van der Waals surface area contributed by atoms with Crippen molar-refractivity contribution >= 4 is 38.0 Å². The van der Waals surface area contributed by atoms with Crippen molar-refractivity contribution in [3.8, 4) is 0 Å². The molecule has 9 heteroatoms. The lowest BCUT2D eigenvalue weighted by Gasteiger charge is -2.25.